The topological polar surface area (TPSA) is 37.3 Å². The summed E-state index contributed by atoms with van der Waals surface area (Å²) in [5.41, 5.74) is 4.37. The second kappa shape index (κ2) is 5.57. The number of anilines is 1. The Morgan fingerprint density at radius 2 is 2.00 bits per heavy atom. The van der Waals surface area contributed by atoms with Crippen LogP contribution in [0.1, 0.15) is 12.5 Å². The molecule has 106 valence electrons. The Bertz CT molecular complexity index is 794. The molecule has 3 rings (SSSR count). The van der Waals surface area contributed by atoms with Crippen molar-refractivity contribution in [3.05, 3.63) is 59.7 Å². The Labute approximate surface area is 124 Å². The lowest BCUT2D eigenvalue weighted by molar-refractivity contribution is 0.581. The van der Waals surface area contributed by atoms with Crippen molar-refractivity contribution in [3.63, 3.8) is 0 Å². The highest BCUT2D eigenvalue weighted by Gasteiger charge is 2.07. The quantitative estimate of drug-likeness (QED) is 0.575. The number of hydrazone groups is 1. The van der Waals surface area contributed by atoms with Crippen molar-refractivity contribution < 1.29 is 8.78 Å². The van der Waals surface area contributed by atoms with Gasteiger partial charge in [-0.3, -0.25) is 5.43 Å². The number of nitrogens with one attached hydrogen (secondary N) is 1. The third-order valence-corrected chi connectivity index (χ3v) is 3.88. The summed E-state index contributed by atoms with van der Waals surface area (Å²) in [6.45, 7) is 1.65. The molecular weight excluding hydrogens is 292 g/mol. The fraction of sp³-hybridized carbons (Fsp3) is 0.0667. The third kappa shape index (κ3) is 2.90. The number of nitrogens with zero attached hydrogens (tertiary/aromatic N) is 2. The first-order valence-electron chi connectivity index (χ1n) is 6.25. The van der Waals surface area contributed by atoms with Gasteiger partial charge in [0.2, 0.25) is 5.13 Å². The lowest BCUT2D eigenvalue weighted by atomic mass is 10.1. The second-order valence-electron chi connectivity index (χ2n) is 4.42. The summed E-state index contributed by atoms with van der Waals surface area (Å²) in [4.78, 5) is 4.36. The smallest absolute Gasteiger partial charge is 0.204 e. The maximum atomic E-state index is 13.6. The van der Waals surface area contributed by atoms with Gasteiger partial charge in [0.1, 0.15) is 11.6 Å². The minimum atomic E-state index is -0.637. The number of hydrogen-bond acceptors (Lipinski definition) is 4. The summed E-state index contributed by atoms with van der Waals surface area (Å²) in [7, 11) is 0. The van der Waals surface area contributed by atoms with Gasteiger partial charge in [0.05, 0.1) is 15.9 Å². The van der Waals surface area contributed by atoms with E-state index in [1.807, 2.05) is 24.3 Å². The van der Waals surface area contributed by atoms with Crippen LogP contribution in [-0.4, -0.2) is 10.7 Å². The summed E-state index contributed by atoms with van der Waals surface area (Å²) in [5, 5.41) is 4.73. The average molecular weight is 303 g/mol. The Kier molecular flexibility index (Phi) is 3.62. The average Bonchev–Trinajstić information content (AvgIpc) is 2.87. The van der Waals surface area contributed by atoms with E-state index in [1.54, 1.807) is 6.92 Å². The normalized spacial score (nSPS) is 11.9. The zero-order valence-corrected chi connectivity index (χ0v) is 11.9. The summed E-state index contributed by atoms with van der Waals surface area (Å²) in [6.07, 6.45) is 0. The van der Waals surface area contributed by atoms with Crippen LogP contribution in [0, 0.1) is 11.6 Å². The van der Waals surface area contributed by atoms with Crippen molar-refractivity contribution in [2.75, 3.05) is 5.43 Å². The molecule has 0 radical (unpaired) electrons. The van der Waals surface area contributed by atoms with Gasteiger partial charge in [-0.25, -0.2) is 13.8 Å². The molecule has 0 atom stereocenters. The lowest BCUT2D eigenvalue weighted by Gasteiger charge is -2.02. The number of benzene rings is 2. The maximum Gasteiger partial charge on any atom is 0.204 e. The van der Waals surface area contributed by atoms with Gasteiger partial charge < -0.3 is 0 Å². The van der Waals surface area contributed by atoms with Gasteiger partial charge in [-0.05, 0) is 31.2 Å². The molecule has 0 bridgehead atoms. The molecule has 0 aliphatic carbocycles. The predicted molar refractivity (Wildman–Crippen MR) is 81.8 cm³/mol. The van der Waals surface area contributed by atoms with E-state index in [1.165, 1.54) is 23.5 Å². The van der Waals surface area contributed by atoms with Crippen LogP contribution >= 0.6 is 11.3 Å². The van der Waals surface area contributed by atoms with E-state index in [4.69, 9.17) is 0 Å². The number of fused-ring (bicyclic) bond motifs is 1. The molecular formula is C15H11F2N3S. The predicted octanol–water partition coefficient (Wildman–Crippen LogP) is 4.41. The molecule has 1 N–H and O–H groups in total. The molecule has 0 amide bonds. The molecule has 2 aromatic carbocycles. The van der Waals surface area contributed by atoms with E-state index in [0.29, 0.717) is 10.8 Å². The van der Waals surface area contributed by atoms with E-state index in [-0.39, 0.29) is 5.56 Å². The van der Waals surface area contributed by atoms with Crippen LogP contribution < -0.4 is 5.43 Å². The highest BCUT2D eigenvalue weighted by atomic mass is 32.1. The van der Waals surface area contributed by atoms with E-state index in [0.717, 1.165) is 16.3 Å². The highest BCUT2D eigenvalue weighted by molar-refractivity contribution is 7.22. The third-order valence-electron chi connectivity index (χ3n) is 2.93. The number of thiazole rings is 1. The van der Waals surface area contributed by atoms with Gasteiger partial charge in [0.15, 0.2) is 0 Å². The SMILES string of the molecule is C/C(=N\Nc1nc2ccccc2s1)c1ccc(F)cc1F. The first-order valence-corrected chi connectivity index (χ1v) is 7.06. The summed E-state index contributed by atoms with van der Waals surface area (Å²) < 4.78 is 27.6. The van der Waals surface area contributed by atoms with Crippen molar-refractivity contribution in [2.24, 2.45) is 5.10 Å². The molecule has 6 heteroatoms. The highest BCUT2D eigenvalue weighted by Crippen LogP contribution is 2.25. The summed E-state index contributed by atoms with van der Waals surface area (Å²) in [5.74, 6) is -1.24. The van der Waals surface area contributed by atoms with Gasteiger partial charge in [0.25, 0.3) is 0 Å². The number of hydrogen-bond donors (Lipinski definition) is 1. The fourth-order valence-corrected chi connectivity index (χ4v) is 2.70. The van der Waals surface area contributed by atoms with E-state index in [9.17, 15) is 8.78 Å². The van der Waals surface area contributed by atoms with Gasteiger partial charge in [-0.15, -0.1) is 0 Å². The van der Waals surface area contributed by atoms with Gasteiger partial charge in [0, 0.05) is 11.6 Å². The van der Waals surface area contributed by atoms with Crippen LogP contribution in [0.2, 0.25) is 0 Å². The molecule has 0 saturated heterocycles. The van der Waals surface area contributed by atoms with Gasteiger partial charge >= 0.3 is 0 Å². The van der Waals surface area contributed by atoms with Crippen LogP contribution in [0.3, 0.4) is 0 Å². The standard InChI is InChI=1S/C15H11F2N3S/c1-9(11-7-6-10(16)8-12(11)17)19-20-15-18-13-4-2-3-5-14(13)21-15/h2-8H,1H3,(H,18,20)/b19-9+. The van der Waals surface area contributed by atoms with Crippen LogP contribution in [-0.2, 0) is 0 Å². The minimum Gasteiger partial charge on any atom is -0.252 e. The van der Waals surface area contributed by atoms with Crippen LogP contribution in [0.15, 0.2) is 47.6 Å². The fourth-order valence-electron chi connectivity index (χ4n) is 1.89. The van der Waals surface area contributed by atoms with Crippen molar-refractivity contribution >= 4 is 32.4 Å². The molecule has 3 nitrogen and oxygen atoms in total. The van der Waals surface area contributed by atoms with Crippen LogP contribution in [0.5, 0.6) is 0 Å². The van der Waals surface area contributed by atoms with Crippen molar-refractivity contribution in [1.82, 2.24) is 4.98 Å². The Morgan fingerprint density at radius 1 is 1.19 bits per heavy atom. The molecule has 0 unspecified atom stereocenters. The molecule has 0 saturated carbocycles. The van der Waals surface area contributed by atoms with Gasteiger partial charge in [-0.1, -0.05) is 23.5 Å². The number of halogens is 2. The number of aromatic nitrogens is 1. The number of rotatable bonds is 3. The Balaban J connectivity index is 1.84. The summed E-state index contributed by atoms with van der Waals surface area (Å²) in [6, 6.07) is 11.1. The minimum absolute atomic E-state index is 0.255. The Morgan fingerprint density at radius 3 is 2.76 bits per heavy atom. The van der Waals surface area contributed by atoms with E-state index in [2.05, 4.69) is 15.5 Å². The molecule has 1 heterocycles. The summed E-state index contributed by atoms with van der Waals surface area (Å²) >= 11 is 1.46. The maximum absolute atomic E-state index is 13.6. The molecule has 0 fully saturated rings. The first kappa shape index (κ1) is 13.6. The van der Waals surface area contributed by atoms with E-state index < -0.39 is 11.6 Å². The Hall–Kier alpha value is -2.34. The first-order chi connectivity index (χ1) is 10.1. The zero-order valence-electron chi connectivity index (χ0n) is 11.1. The lowest BCUT2D eigenvalue weighted by Crippen LogP contribution is -2.02. The molecule has 0 spiro atoms. The van der Waals surface area contributed by atoms with Crippen molar-refractivity contribution in [2.45, 2.75) is 6.92 Å². The van der Waals surface area contributed by atoms with Crippen molar-refractivity contribution in [1.29, 1.82) is 0 Å². The second-order valence-corrected chi connectivity index (χ2v) is 5.45. The van der Waals surface area contributed by atoms with Crippen LogP contribution in [0.4, 0.5) is 13.9 Å². The van der Waals surface area contributed by atoms with Crippen LogP contribution in [0.25, 0.3) is 10.2 Å². The largest absolute Gasteiger partial charge is 0.252 e. The molecule has 3 aromatic rings. The number of para-hydroxylation sites is 1. The van der Waals surface area contributed by atoms with E-state index >= 15 is 0 Å². The van der Waals surface area contributed by atoms with Crippen molar-refractivity contribution in [3.8, 4) is 0 Å². The molecule has 1 aromatic heterocycles. The molecule has 21 heavy (non-hydrogen) atoms. The van der Waals surface area contributed by atoms with Gasteiger partial charge in [-0.2, -0.15) is 5.10 Å². The monoisotopic (exact) mass is 303 g/mol. The molecule has 0 aliphatic rings. The zero-order chi connectivity index (χ0) is 14.8. The molecule has 0 aliphatic heterocycles.